The summed E-state index contributed by atoms with van der Waals surface area (Å²) in [6.07, 6.45) is 2.24. The number of unbranched alkanes of at least 4 members (excludes halogenated alkanes) is 1. The van der Waals surface area contributed by atoms with Gasteiger partial charge in [-0.05, 0) is 13.3 Å². The lowest BCUT2D eigenvalue weighted by atomic mass is 10.4. The van der Waals surface area contributed by atoms with Gasteiger partial charge in [0.15, 0.2) is 0 Å². The molecule has 0 aliphatic rings. The van der Waals surface area contributed by atoms with Gasteiger partial charge in [0.25, 0.3) is 0 Å². The van der Waals surface area contributed by atoms with Crippen molar-refractivity contribution < 1.29 is 56.9 Å². The second-order valence-corrected chi connectivity index (χ2v) is 8.39. The molecule has 0 rings (SSSR count). The summed E-state index contributed by atoms with van der Waals surface area (Å²) in [4.78, 5) is 11.2. The maximum absolute atomic E-state index is 11.2. The van der Waals surface area contributed by atoms with Crippen LogP contribution in [0.25, 0.3) is 0 Å². The third-order valence-electron chi connectivity index (χ3n) is 4.80. The lowest BCUT2D eigenvalue weighted by molar-refractivity contribution is -0.140. The third kappa shape index (κ3) is 33.0. The number of rotatable bonds is 34. The molecule has 40 heavy (non-hydrogen) atoms. The van der Waals surface area contributed by atoms with E-state index in [0.29, 0.717) is 131 Å². The largest absolute Gasteiger partial charge is 0.460 e. The molecule has 0 atom stereocenters. The van der Waals surface area contributed by atoms with Gasteiger partial charge in [-0.15, -0.1) is 0 Å². The predicted octanol–water partition coefficient (Wildman–Crippen LogP) is 2.07. The van der Waals surface area contributed by atoms with E-state index in [1.165, 1.54) is 0 Å². The van der Waals surface area contributed by atoms with E-state index in [9.17, 15) is 4.79 Å². The van der Waals surface area contributed by atoms with Crippen molar-refractivity contribution in [2.45, 2.75) is 26.7 Å². The molecule has 0 N–H and O–H groups in total. The van der Waals surface area contributed by atoms with Gasteiger partial charge in [0.1, 0.15) is 6.61 Å². The highest BCUT2D eigenvalue weighted by Crippen LogP contribution is 1.92. The van der Waals surface area contributed by atoms with Crippen LogP contribution in [0.2, 0.25) is 0 Å². The number of carbonyl (C=O) groups excluding carboxylic acids is 1. The third-order valence-corrected chi connectivity index (χ3v) is 4.80. The molecule has 0 aliphatic carbocycles. The van der Waals surface area contributed by atoms with E-state index >= 15 is 0 Å². The Hall–Kier alpha value is -1.19. The number of hydrogen-bond donors (Lipinski definition) is 0. The van der Waals surface area contributed by atoms with Crippen molar-refractivity contribution >= 4 is 5.97 Å². The summed E-state index contributed by atoms with van der Waals surface area (Å²) >= 11 is 0. The fourth-order valence-electron chi connectivity index (χ4n) is 2.64. The minimum absolute atomic E-state index is 0.202. The van der Waals surface area contributed by atoms with Crippen LogP contribution >= 0.6 is 0 Å². The molecule has 0 saturated heterocycles. The highest BCUT2D eigenvalue weighted by atomic mass is 16.6. The molecule has 0 heterocycles. The van der Waals surface area contributed by atoms with Gasteiger partial charge in [-0.2, -0.15) is 0 Å². The van der Waals surface area contributed by atoms with Crippen molar-refractivity contribution in [1.82, 2.24) is 0 Å². The van der Waals surface area contributed by atoms with Crippen LogP contribution in [0.4, 0.5) is 0 Å². The molecule has 0 aromatic rings. The van der Waals surface area contributed by atoms with E-state index in [1.54, 1.807) is 6.92 Å². The van der Waals surface area contributed by atoms with Crippen molar-refractivity contribution in [2.75, 3.05) is 139 Å². The molecular formula is C28H54O12. The Morgan fingerprint density at radius 1 is 0.425 bits per heavy atom. The van der Waals surface area contributed by atoms with Gasteiger partial charge in [0.2, 0.25) is 0 Å². The second kappa shape index (κ2) is 34.0. The van der Waals surface area contributed by atoms with E-state index < -0.39 is 5.97 Å². The average molecular weight is 583 g/mol. The van der Waals surface area contributed by atoms with Gasteiger partial charge in [-0.25, -0.2) is 4.79 Å². The van der Waals surface area contributed by atoms with Gasteiger partial charge >= 0.3 is 5.97 Å². The van der Waals surface area contributed by atoms with Crippen LogP contribution in [0.1, 0.15) is 26.7 Å². The van der Waals surface area contributed by atoms with Crippen molar-refractivity contribution in [3.8, 4) is 0 Å². The van der Waals surface area contributed by atoms with Crippen LogP contribution in [0.15, 0.2) is 12.2 Å². The molecule has 0 aliphatic heterocycles. The fraction of sp³-hybridized carbons (Fsp3) is 0.893. The minimum Gasteiger partial charge on any atom is -0.460 e. The Labute approximate surface area is 240 Å². The Bertz CT molecular complexity index is 535. The molecule has 0 amide bonds. The summed E-state index contributed by atoms with van der Waals surface area (Å²) in [7, 11) is 0. The average Bonchev–Trinajstić information content (AvgIpc) is 2.95. The molecule has 0 saturated carbocycles. The minimum atomic E-state index is -0.410. The molecular weight excluding hydrogens is 528 g/mol. The zero-order chi connectivity index (χ0) is 29.2. The van der Waals surface area contributed by atoms with Gasteiger partial charge < -0.3 is 52.1 Å². The summed E-state index contributed by atoms with van der Waals surface area (Å²) in [6.45, 7) is 17.9. The van der Waals surface area contributed by atoms with Crippen LogP contribution in [-0.4, -0.2) is 145 Å². The van der Waals surface area contributed by atoms with Crippen LogP contribution in [0, 0.1) is 0 Å². The van der Waals surface area contributed by atoms with Crippen LogP contribution in [0.3, 0.4) is 0 Å². The van der Waals surface area contributed by atoms with Gasteiger partial charge in [-0.3, -0.25) is 0 Å². The molecule has 0 unspecified atom stereocenters. The van der Waals surface area contributed by atoms with E-state index in [0.717, 1.165) is 19.4 Å². The van der Waals surface area contributed by atoms with Gasteiger partial charge in [0, 0.05) is 12.2 Å². The van der Waals surface area contributed by atoms with E-state index in [4.69, 9.17) is 52.1 Å². The molecule has 0 spiro atoms. The van der Waals surface area contributed by atoms with E-state index in [-0.39, 0.29) is 6.61 Å². The van der Waals surface area contributed by atoms with Crippen LogP contribution < -0.4 is 0 Å². The number of ether oxygens (including phenoxy) is 11. The number of hydrogen-bond acceptors (Lipinski definition) is 12. The summed E-state index contributed by atoms with van der Waals surface area (Å²) in [5, 5.41) is 0. The van der Waals surface area contributed by atoms with Crippen molar-refractivity contribution in [3.63, 3.8) is 0 Å². The maximum atomic E-state index is 11.2. The fourth-order valence-corrected chi connectivity index (χ4v) is 2.64. The highest BCUT2D eigenvalue weighted by molar-refractivity contribution is 5.86. The molecule has 238 valence electrons. The lowest BCUT2D eigenvalue weighted by Crippen LogP contribution is -2.15. The first-order valence-electron chi connectivity index (χ1n) is 14.3. The van der Waals surface area contributed by atoms with Crippen molar-refractivity contribution in [2.24, 2.45) is 0 Å². The summed E-state index contributed by atoms with van der Waals surface area (Å²) in [5.41, 5.74) is 0.372. The van der Waals surface area contributed by atoms with Crippen LogP contribution in [-0.2, 0) is 56.9 Å². The molecule has 12 nitrogen and oxygen atoms in total. The zero-order valence-electron chi connectivity index (χ0n) is 24.9. The first-order valence-corrected chi connectivity index (χ1v) is 14.3. The molecule has 0 aromatic heterocycles. The smallest absolute Gasteiger partial charge is 0.333 e. The monoisotopic (exact) mass is 582 g/mol. The highest BCUT2D eigenvalue weighted by Gasteiger charge is 2.02. The Balaban J connectivity index is 3.06. The molecule has 12 heteroatoms. The first kappa shape index (κ1) is 38.8. The molecule has 0 aromatic carbocycles. The molecule has 0 fully saturated rings. The quantitative estimate of drug-likeness (QED) is 0.0628. The summed E-state index contributed by atoms with van der Waals surface area (Å²) in [5.74, 6) is -0.410. The Kier molecular flexibility index (Phi) is 33.0. The van der Waals surface area contributed by atoms with Crippen LogP contribution in [0.5, 0.6) is 0 Å². The predicted molar refractivity (Wildman–Crippen MR) is 149 cm³/mol. The zero-order valence-corrected chi connectivity index (χ0v) is 24.9. The van der Waals surface area contributed by atoms with Crippen molar-refractivity contribution in [1.29, 1.82) is 0 Å². The lowest BCUT2D eigenvalue weighted by Gasteiger charge is -2.09. The normalized spacial score (nSPS) is 11.2. The van der Waals surface area contributed by atoms with Gasteiger partial charge in [-0.1, -0.05) is 19.9 Å². The van der Waals surface area contributed by atoms with Crippen molar-refractivity contribution in [3.05, 3.63) is 12.2 Å². The standard InChI is InChI=1S/C28H54O12/c1-4-5-6-30-7-8-31-9-10-32-11-12-33-13-14-34-15-16-35-17-18-36-19-20-37-21-22-38-23-24-39-25-26-40-28(29)27(2)3/h2,4-26H2,1,3H3. The van der Waals surface area contributed by atoms with Gasteiger partial charge in [0.05, 0.1) is 126 Å². The number of esters is 1. The molecule has 0 bridgehead atoms. The topological polar surface area (TPSA) is 119 Å². The first-order chi connectivity index (χ1) is 19.7. The molecule has 0 radical (unpaired) electrons. The summed E-state index contributed by atoms with van der Waals surface area (Å²) < 4.78 is 59.1. The Morgan fingerprint density at radius 3 is 0.875 bits per heavy atom. The summed E-state index contributed by atoms with van der Waals surface area (Å²) in [6, 6.07) is 0. The maximum Gasteiger partial charge on any atom is 0.333 e. The van der Waals surface area contributed by atoms with E-state index in [1.807, 2.05) is 0 Å². The number of carbonyl (C=O) groups is 1. The SMILES string of the molecule is C=C(C)C(=O)OCCOCCOCCOCCOCCOCCOCCOCCOCCOCCOCCCC. The Morgan fingerprint density at radius 2 is 0.650 bits per heavy atom. The second-order valence-electron chi connectivity index (χ2n) is 8.39. The van der Waals surface area contributed by atoms with E-state index in [2.05, 4.69) is 13.5 Å².